The van der Waals surface area contributed by atoms with Crippen molar-refractivity contribution in [1.29, 1.82) is 0 Å². The number of hydrogen-bond donors (Lipinski definition) is 4. The first-order chi connectivity index (χ1) is 15.0. The molecule has 2 fully saturated rings. The average molecular weight is 486 g/mol. The summed E-state index contributed by atoms with van der Waals surface area (Å²) in [4.78, 5) is 18.7. The second-order valence-electron chi connectivity index (χ2n) is 10.5. The zero-order valence-electron chi connectivity index (χ0n) is 19.1. The fourth-order valence-electron chi connectivity index (χ4n) is 6.39. The predicted octanol–water partition coefficient (Wildman–Crippen LogP) is 2.38. The number of fused-ring (bicyclic) bond motifs is 2. The lowest BCUT2D eigenvalue weighted by atomic mass is 9.47. The monoisotopic (exact) mass is 485 g/mol. The lowest BCUT2D eigenvalue weighted by Crippen LogP contribution is -2.57. The molecule has 4 rings (SSSR count). The van der Waals surface area contributed by atoms with Crippen LogP contribution >= 0.6 is 11.3 Å². The van der Waals surface area contributed by atoms with Crippen molar-refractivity contribution in [3.8, 4) is 0 Å². The van der Waals surface area contributed by atoms with Crippen LogP contribution in [0.4, 0.5) is 5.13 Å². The SMILES string of the molecule is CC1(CO)C(O)CCC2(C)C(CC(=O)NC3CCCC3)c3nc(NS(C)(=O)=O)sc3CC12. The van der Waals surface area contributed by atoms with Crippen molar-refractivity contribution >= 4 is 32.4 Å². The lowest BCUT2D eigenvalue weighted by molar-refractivity contribution is -0.144. The van der Waals surface area contributed by atoms with E-state index in [-0.39, 0.29) is 42.2 Å². The summed E-state index contributed by atoms with van der Waals surface area (Å²) in [5.74, 6) is -0.258. The molecule has 1 aromatic heterocycles. The van der Waals surface area contributed by atoms with Crippen molar-refractivity contribution in [2.24, 2.45) is 16.7 Å². The molecule has 0 aliphatic heterocycles. The number of carbonyl (C=O) groups is 1. The maximum atomic E-state index is 13.1. The number of nitrogens with zero attached hydrogens (tertiary/aromatic N) is 1. The Morgan fingerprint density at radius 1 is 1.25 bits per heavy atom. The first kappa shape index (κ1) is 23.9. The molecule has 3 aliphatic carbocycles. The van der Waals surface area contributed by atoms with Gasteiger partial charge >= 0.3 is 0 Å². The van der Waals surface area contributed by atoms with Crippen LogP contribution in [0, 0.1) is 16.7 Å². The Morgan fingerprint density at radius 3 is 2.56 bits per heavy atom. The third kappa shape index (κ3) is 4.31. The molecule has 0 bridgehead atoms. The van der Waals surface area contributed by atoms with Gasteiger partial charge in [0, 0.05) is 28.7 Å². The van der Waals surface area contributed by atoms with Crippen LogP contribution in [0.3, 0.4) is 0 Å². The lowest BCUT2D eigenvalue weighted by Gasteiger charge is -2.58. The minimum atomic E-state index is -3.47. The van der Waals surface area contributed by atoms with E-state index in [9.17, 15) is 23.4 Å². The number of aromatic nitrogens is 1. The molecule has 10 heteroatoms. The molecule has 5 atom stereocenters. The standard InChI is InChI=1S/C22H35N3O5S2/c1-21-9-8-17(27)22(2,12-26)16(21)11-15-19(24-20(31-15)25-32(3,29)30)14(21)10-18(28)23-13-6-4-5-7-13/h13-14,16-17,26-27H,4-12H2,1-3H3,(H,23,28)(H,24,25). The molecular formula is C22H35N3O5S2. The molecule has 2 saturated carbocycles. The van der Waals surface area contributed by atoms with Crippen molar-refractivity contribution in [2.75, 3.05) is 17.6 Å². The Labute approximate surface area is 194 Å². The van der Waals surface area contributed by atoms with Crippen LogP contribution in [0.25, 0.3) is 0 Å². The Morgan fingerprint density at radius 2 is 1.94 bits per heavy atom. The van der Waals surface area contributed by atoms with E-state index in [0.717, 1.165) is 48.9 Å². The number of nitrogens with one attached hydrogen (secondary N) is 2. The van der Waals surface area contributed by atoms with Gasteiger partial charge in [-0.15, -0.1) is 11.3 Å². The van der Waals surface area contributed by atoms with Gasteiger partial charge in [-0.2, -0.15) is 0 Å². The minimum Gasteiger partial charge on any atom is -0.396 e. The van der Waals surface area contributed by atoms with Gasteiger partial charge in [-0.3, -0.25) is 9.52 Å². The molecule has 32 heavy (non-hydrogen) atoms. The summed E-state index contributed by atoms with van der Waals surface area (Å²) in [6.45, 7) is 3.94. The summed E-state index contributed by atoms with van der Waals surface area (Å²) in [5.41, 5.74) is -0.245. The largest absolute Gasteiger partial charge is 0.396 e. The van der Waals surface area contributed by atoms with Gasteiger partial charge in [0.25, 0.3) is 0 Å². The summed E-state index contributed by atoms with van der Waals surface area (Å²) in [5, 5.41) is 24.6. The molecule has 4 N–H and O–H groups in total. The van der Waals surface area contributed by atoms with Gasteiger partial charge < -0.3 is 15.5 Å². The van der Waals surface area contributed by atoms with Gasteiger partial charge in [0.15, 0.2) is 5.13 Å². The number of aliphatic hydroxyl groups excluding tert-OH is 2. The number of carbonyl (C=O) groups excluding carboxylic acids is 1. The summed E-state index contributed by atoms with van der Waals surface area (Å²) in [6.07, 6.45) is 6.92. The average Bonchev–Trinajstić information content (AvgIpc) is 3.34. The number of thiazole rings is 1. The van der Waals surface area contributed by atoms with Crippen LogP contribution < -0.4 is 10.0 Å². The highest BCUT2D eigenvalue weighted by molar-refractivity contribution is 7.92. The fourth-order valence-corrected chi connectivity index (χ4v) is 8.29. The molecule has 0 spiro atoms. The molecule has 8 nitrogen and oxygen atoms in total. The zero-order chi connectivity index (χ0) is 23.3. The number of sulfonamides is 1. The molecule has 180 valence electrons. The molecule has 0 saturated heterocycles. The molecular weight excluding hydrogens is 450 g/mol. The summed E-state index contributed by atoms with van der Waals surface area (Å²) in [6, 6.07) is 0.225. The van der Waals surface area contributed by atoms with Crippen molar-refractivity contribution < 1.29 is 23.4 Å². The van der Waals surface area contributed by atoms with Gasteiger partial charge in [0.2, 0.25) is 15.9 Å². The van der Waals surface area contributed by atoms with Gasteiger partial charge in [-0.25, -0.2) is 13.4 Å². The maximum Gasteiger partial charge on any atom is 0.231 e. The second kappa shape index (κ2) is 8.52. The number of hydrogen-bond acceptors (Lipinski definition) is 7. The van der Waals surface area contributed by atoms with Gasteiger partial charge in [0.1, 0.15) is 0 Å². The fraction of sp³-hybridized carbons (Fsp3) is 0.818. The van der Waals surface area contributed by atoms with Crippen LogP contribution in [0.15, 0.2) is 0 Å². The Kier molecular flexibility index (Phi) is 6.37. The number of anilines is 1. The predicted molar refractivity (Wildman–Crippen MR) is 124 cm³/mol. The summed E-state index contributed by atoms with van der Waals surface area (Å²) < 4.78 is 26.1. The zero-order valence-corrected chi connectivity index (χ0v) is 20.7. The summed E-state index contributed by atoms with van der Waals surface area (Å²) >= 11 is 1.30. The van der Waals surface area contributed by atoms with Crippen LogP contribution in [0.2, 0.25) is 0 Å². The van der Waals surface area contributed by atoms with Crippen molar-refractivity contribution in [3.05, 3.63) is 10.6 Å². The van der Waals surface area contributed by atoms with E-state index in [1.807, 2.05) is 6.92 Å². The summed E-state index contributed by atoms with van der Waals surface area (Å²) in [7, 11) is -3.47. The number of aliphatic hydroxyl groups is 2. The molecule has 1 aromatic rings. The van der Waals surface area contributed by atoms with E-state index in [1.165, 1.54) is 11.3 Å². The molecule has 5 unspecified atom stereocenters. The van der Waals surface area contributed by atoms with E-state index >= 15 is 0 Å². The highest BCUT2D eigenvalue weighted by atomic mass is 32.2. The van der Waals surface area contributed by atoms with Crippen LogP contribution in [0.5, 0.6) is 0 Å². The number of rotatable bonds is 6. The van der Waals surface area contributed by atoms with Crippen LogP contribution in [-0.4, -0.2) is 54.5 Å². The Hall–Kier alpha value is -1.23. The van der Waals surface area contributed by atoms with E-state index < -0.39 is 21.5 Å². The van der Waals surface area contributed by atoms with Crippen molar-refractivity contribution in [1.82, 2.24) is 10.3 Å². The molecule has 0 aromatic carbocycles. The molecule has 1 heterocycles. The molecule has 1 amide bonds. The first-order valence-electron chi connectivity index (χ1n) is 11.5. The topological polar surface area (TPSA) is 129 Å². The van der Waals surface area contributed by atoms with E-state index in [2.05, 4.69) is 21.9 Å². The second-order valence-corrected chi connectivity index (χ2v) is 13.3. The highest BCUT2D eigenvalue weighted by Crippen LogP contribution is 2.62. The van der Waals surface area contributed by atoms with Gasteiger partial charge in [-0.05, 0) is 43.4 Å². The van der Waals surface area contributed by atoms with Crippen LogP contribution in [-0.2, 0) is 21.2 Å². The van der Waals surface area contributed by atoms with Crippen molar-refractivity contribution in [3.63, 3.8) is 0 Å². The molecule has 3 aliphatic rings. The first-order valence-corrected chi connectivity index (χ1v) is 14.2. The Bertz CT molecular complexity index is 974. The van der Waals surface area contributed by atoms with Crippen LogP contribution in [0.1, 0.15) is 75.3 Å². The maximum absolute atomic E-state index is 13.1. The van der Waals surface area contributed by atoms with Gasteiger partial charge in [-0.1, -0.05) is 26.7 Å². The van der Waals surface area contributed by atoms with Gasteiger partial charge in [0.05, 0.1) is 24.7 Å². The normalized spacial score (nSPS) is 35.2. The highest BCUT2D eigenvalue weighted by Gasteiger charge is 2.59. The molecule has 0 radical (unpaired) electrons. The smallest absolute Gasteiger partial charge is 0.231 e. The Balaban J connectivity index is 1.71. The minimum absolute atomic E-state index is 0.00262. The van der Waals surface area contributed by atoms with Crippen molar-refractivity contribution in [2.45, 2.75) is 83.3 Å². The third-order valence-corrected chi connectivity index (χ3v) is 9.98. The quantitative estimate of drug-likeness (QED) is 0.490. The third-order valence-electron chi connectivity index (χ3n) is 8.28. The van der Waals surface area contributed by atoms with E-state index in [4.69, 9.17) is 0 Å². The van der Waals surface area contributed by atoms with E-state index in [1.54, 1.807) is 0 Å². The van der Waals surface area contributed by atoms with E-state index in [0.29, 0.717) is 18.0 Å². The number of amides is 1.